The van der Waals surface area contributed by atoms with Gasteiger partial charge in [-0.1, -0.05) is 12.1 Å². The average Bonchev–Trinajstić information content (AvgIpc) is 2.02. The van der Waals surface area contributed by atoms with Gasteiger partial charge in [-0.05, 0) is 18.4 Å². The number of hydrogen-bond donors (Lipinski definition) is 0. The summed E-state index contributed by atoms with van der Waals surface area (Å²) in [7, 11) is 0. The molecule has 13 heavy (non-hydrogen) atoms. The molecule has 0 aliphatic carbocycles. The Morgan fingerprint density at radius 1 is 1.23 bits per heavy atom. The van der Waals surface area contributed by atoms with Crippen molar-refractivity contribution in [1.82, 2.24) is 0 Å². The van der Waals surface area contributed by atoms with Gasteiger partial charge >= 0.3 is 6.36 Å². The highest BCUT2D eigenvalue weighted by Crippen LogP contribution is 2.31. The molecule has 0 saturated carbocycles. The standard InChI is InChI=1S/C8H7F3OS/c1-13-7-5-3-2-4-6(7)12-8(9,10)11/h2-5H,1H3. The minimum Gasteiger partial charge on any atom is -0.405 e. The molecular weight excluding hydrogens is 201 g/mol. The third-order valence-corrected chi connectivity index (χ3v) is 2.07. The van der Waals surface area contributed by atoms with Crippen molar-refractivity contribution in [3.8, 4) is 5.75 Å². The molecule has 0 aromatic heterocycles. The van der Waals surface area contributed by atoms with Crippen molar-refractivity contribution >= 4 is 11.8 Å². The molecule has 1 aromatic rings. The maximum atomic E-state index is 11.8. The number of alkyl halides is 3. The van der Waals surface area contributed by atoms with Crippen LogP contribution in [0.4, 0.5) is 13.2 Å². The van der Waals surface area contributed by atoms with E-state index < -0.39 is 6.36 Å². The first-order valence-corrected chi connectivity index (χ1v) is 4.64. The smallest absolute Gasteiger partial charge is 0.405 e. The monoisotopic (exact) mass is 208 g/mol. The maximum Gasteiger partial charge on any atom is 0.573 e. The van der Waals surface area contributed by atoms with Gasteiger partial charge in [-0.25, -0.2) is 0 Å². The molecule has 0 bridgehead atoms. The predicted molar refractivity (Wildman–Crippen MR) is 44.9 cm³/mol. The SMILES string of the molecule is CSc1ccccc1OC(F)(F)F. The third kappa shape index (κ3) is 3.18. The number of para-hydroxylation sites is 1. The first kappa shape index (κ1) is 10.2. The fraction of sp³-hybridized carbons (Fsp3) is 0.250. The first-order valence-electron chi connectivity index (χ1n) is 3.41. The predicted octanol–water partition coefficient (Wildman–Crippen LogP) is 3.31. The summed E-state index contributed by atoms with van der Waals surface area (Å²) in [4.78, 5) is 0.472. The molecule has 0 aliphatic heterocycles. The Balaban J connectivity index is 2.87. The van der Waals surface area contributed by atoms with E-state index in [4.69, 9.17) is 0 Å². The topological polar surface area (TPSA) is 9.23 Å². The second kappa shape index (κ2) is 3.91. The Bertz CT molecular complexity index is 285. The number of thioether (sulfide) groups is 1. The van der Waals surface area contributed by atoms with Gasteiger partial charge in [0.15, 0.2) is 0 Å². The average molecular weight is 208 g/mol. The van der Waals surface area contributed by atoms with E-state index >= 15 is 0 Å². The molecular formula is C8H7F3OS. The van der Waals surface area contributed by atoms with Crippen LogP contribution in [0.1, 0.15) is 0 Å². The van der Waals surface area contributed by atoms with E-state index in [0.29, 0.717) is 4.90 Å². The van der Waals surface area contributed by atoms with Gasteiger partial charge in [-0.15, -0.1) is 24.9 Å². The van der Waals surface area contributed by atoms with E-state index in [9.17, 15) is 13.2 Å². The van der Waals surface area contributed by atoms with Crippen LogP contribution in [0, 0.1) is 0 Å². The fourth-order valence-corrected chi connectivity index (χ4v) is 1.35. The Labute approximate surface area is 77.9 Å². The van der Waals surface area contributed by atoms with Gasteiger partial charge in [0.2, 0.25) is 0 Å². The van der Waals surface area contributed by atoms with Gasteiger partial charge in [0.05, 0.1) is 0 Å². The minimum absolute atomic E-state index is 0.150. The molecule has 0 heterocycles. The van der Waals surface area contributed by atoms with Crippen molar-refractivity contribution in [1.29, 1.82) is 0 Å². The third-order valence-electron chi connectivity index (χ3n) is 1.29. The van der Waals surface area contributed by atoms with Crippen molar-refractivity contribution in [2.24, 2.45) is 0 Å². The molecule has 5 heteroatoms. The van der Waals surface area contributed by atoms with E-state index in [1.54, 1.807) is 18.4 Å². The summed E-state index contributed by atoms with van der Waals surface area (Å²) >= 11 is 1.21. The van der Waals surface area contributed by atoms with Gasteiger partial charge in [-0.2, -0.15) is 0 Å². The fourth-order valence-electron chi connectivity index (χ4n) is 0.828. The lowest BCUT2D eigenvalue weighted by Crippen LogP contribution is -2.17. The summed E-state index contributed by atoms with van der Waals surface area (Å²) in [5, 5.41) is 0. The molecule has 0 amide bonds. The van der Waals surface area contributed by atoms with Crippen LogP contribution in [-0.2, 0) is 0 Å². The van der Waals surface area contributed by atoms with E-state index in [1.165, 1.54) is 23.9 Å². The summed E-state index contributed by atoms with van der Waals surface area (Å²) in [5.41, 5.74) is 0. The molecule has 0 unspecified atom stereocenters. The zero-order valence-corrected chi connectivity index (χ0v) is 7.58. The van der Waals surface area contributed by atoms with Gasteiger partial charge in [0.25, 0.3) is 0 Å². The van der Waals surface area contributed by atoms with E-state index in [0.717, 1.165) is 0 Å². The van der Waals surface area contributed by atoms with Gasteiger partial charge < -0.3 is 4.74 Å². The summed E-state index contributed by atoms with van der Waals surface area (Å²) in [5.74, 6) is -0.150. The van der Waals surface area contributed by atoms with Crippen LogP contribution < -0.4 is 4.74 Å². The number of halogens is 3. The zero-order valence-electron chi connectivity index (χ0n) is 6.76. The molecule has 0 N–H and O–H groups in total. The Hall–Kier alpha value is -0.840. The van der Waals surface area contributed by atoms with E-state index in [1.807, 2.05) is 0 Å². The Morgan fingerprint density at radius 2 is 1.85 bits per heavy atom. The van der Waals surface area contributed by atoms with Crippen LogP contribution in [0.5, 0.6) is 5.75 Å². The molecule has 0 atom stereocenters. The lowest BCUT2D eigenvalue weighted by molar-refractivity contribution is -0.275. The molecule has 0 fully saturated rings. The van der Waals surface area contributed by atoms with Crippen LogP contribution in [0.3, 0.4) is 0 Å². The summed E-state index contributed by atoms with van der Waals surface area (Å²) < 4.78 is 39.3. The number of rotatable bonds is 2. The van der Waals surface area contributed by atoms with Gasteiger partial charge in [-0.3, -0.25) is 0 Å². The van der Waals surface area contributed by atoms with Crippen LogP contribution in [0.2, 0.25) is 0 Å². The quantitative estimate of drug-likeness (QED) is 0.689. The Morgan fingerprint density at radius 3 is 2.38 bits per heavy atom. The molecule has 1 nitrogen and oxygen atoms in total. The highest BCUT2D eigenvalue weighted by Gasteiger charge is 2.31. The van der Waals surface area contributed by atoms with Crippen LogP contribution >= 0.6 is 11.8 Å². The molecule has 0 radical (unpaired) electrons. The second-order valence-electron chi connectivity index (χ2n) is 2.20. The maximum absolute atomic E-state index is 11.8. The number of ether oxygens (including phenoxy) is 1. The molecule has 72 valence electrons. The molecule has 0 aliphatic rings. The second-order valence-corrected chi connectivity index (χ2v) is 3.05. The first-order chi connectivity index (χ1) is 6.03. The molecule has 1 aromatic carbocycles. The minimum atomic E-state index is -4.62. The summed E-state index contributed by atoms with van der Waals surface area (Å²) in [6, 6.07) is 6.03. The lowest BCUT2D eigenvalue weighted by atomic mass is 10.3. The normalized spacial score (nSPS) is 11.4. The van der Waals surface area contributed by atoms with Crippen molar-refractivity contribution in [3.05, 3.63) is 24.3 Å². The van der Waals surface area contributed by atoms with Crippen LogP contribution in [0.25, 0.3) is 0 Å². The summed E-state index contributed by atoms with van der Waals surface area (Å²) in [6.07, 6.45) is -2.93. The van der Waals surface area contributed by atoms with Crippen molar-refractivity contribution in [2.45, 2.75) is 11.3 Å². The van der Waals surface area contributed by atoms with Crippen molar-refractivity contribution < 1.29 is 17.9 Å². The lowest BCUT2D eigenvalue weighted by Gasteiger charge is -2.11. The van der Waals surface area contributed by atoms with Gasteiger partial charge in [0.1, 0.15) is 5.75 Å². The van der Waals surface area contributed by atoms with E-state index in [2.05, 4.69) is 4.74 Å². The number of benzene rings is 1. The van der Waals surface area contributed by atoms with Crippen molar-refractivity contribution in [2.75, 3.05) is 6.26 Å². The largest absolute Gasteiger partial charge is 0.573 e. The molecule has 0 saturated heterocycles. The zero-order chi connectivity index (χ0) is 9.90. The summed E-state index contributed by atoms with van der Waals surface area (Å²) in [6.45, 7) is 0. The number of hydrogen-bond acceptors (Lipinski definition) is 2. The highest BCUT2D eigenvalue weighted by atomic mass is 32.2. The molecule has 1 rings (SSSR count). The van der Waals surface area contributed by atoms with Crippen LogP contribution in [-0.4, -0.2) is 12.6 Å². The van der Waals surface area contributed by atoms with Crippen molar-refractivity contribution in [3.63, 3.8) is 0 Å². The van der Waals surface area contributed by atoms with E-state index in [-0.39, 0.29) is 5.75 Å². The highest BCUT2D eigenvalue weighted by molar-refractivity contribution is 7.98. The van der Waals surface area contributed by atoms with Gasteiger partial charge in [0, 0.05) is 4.90 Å². The van der Waals surface area contributed by atoms with Crippen LogP contribution in [0.15, 0.2) is 29.2 Å². The molecule has 0 spiro atoms. The Kier molecular flexibility index (Phi) is 3.08.